The van der Waals surface area contributed by atoms with E-state index in [0.717, 1.165) is 25.5 Å². The first-order valence-corrected chi connectivity index (χ1v) is 8.40. The zero-order valence-corrected chi connectivity index (χ0v) is 12.6. The normalized spacial score (nSPS) is 31.4. The summed E-state index contributed by atoms with van der Waals surface area (Å²) < 4.78 is 18.7. The van der Waals surface area contributed by atoms with Crippen molar-refractivity contribution in [2.75, 3.05) is 46.1 Å². The Hall–Kier alpha value is -0.190. The van der Waals surface area contributed by atoms with Crippen LogP contribution in [-0.2, 0) is 4.74 Å². The first-order chi connectivity index (χ1) is 9.81. The Kier molecular flexibility index (Phi) is 4.95. The molecule has 4 heteroatoms. The molecule has 116 valence electrons. The third kappa shape index (κ3) is 3.71. The lowest BCUT2D eigenvalue weighted by Crippen LogP contribution is -2.48. The highest BCUT2D eigenvalue weighted by Gasteiger charge is 2.43. The predicted molar refractivity (Wildman–Crippen MR) is 78.6 cm³/mol. The summed E-state index contributed by atoms with van der Waals surface area (Å²) in [6.45, 7) is 6.07. The quantitative estimate of drug-likeness (QED) is 0.809. The molecule has 0 unspecified atom stereocenters. The summed E-state index contributed by atoms with van der Waals surface area (Å²) in [6, 6.07) is 0.777. The molecule has 0 radical (unpaired) electrons. The van der Waals surface area contributed by atoms with E-state index < -0.39 is 0 Å². The van der Waals surface area contributed by atoms with Crippen LogP contribution in [-0.4, -0.2) is 57.0 Å². The van der Waals surface area contributed by atoms with E-state index >= 15 is 0 Å². The molecular weight excluding hydrogens is 255 g/mol. The summed E-state index contributed by atoms with van der Waals surface area (Å²) in [4.78, 5) is 2.68. The largest absolute Gasteiger partial charge is 0.380 e. The summed E-state index contributed by atoms with van der Waals surface area (Å²) in [7, 11) is 0. The van der Waals surface area contributed by atoms with Crippen molar-refractivity contribution in [2.45, 2.75) is 44.6 Å². The van der Waals surface area contributed by atoms with Gasteiger partial charge in [-0.05, 0) is 64.1 Å². The summed E-state index contributed by atoms with van der Waals surface area (Å²) in [5.74, 6) is 0.661. The molecule has 1 aliphatic carbocycles. The van der Waals surface area contributed by atoms with E-state index in [4.69, 9.17) is 4.74 Å². The molecule has 2 heterocycles. The molecule has 0 aromatic carbocycles. The van der Waals surface area contributed by atoms with E-state index in [9.17, 15) is 4.39 Å². The zero-order valence-electron chi connectivity index (χ0n) is 12.6. The van der Waals surface area contributed by atoms with Gasteiger partial charge in [-0.1, -0.05) is 0 Å². The molecule has 0 aromatic rings. The number of piperidine rings is 2. The third-order valence-electron chi connectivity index (χ3n) is 5.38. The van der Waals surface area contributed by atoms with Crippen molar-refractivity contribution < 1.29 is 9.13 Å². The number of ether oxygens (including phenoxy) is 1. The van der Waals surface area contributed by atoms with Gasteiger partial charge in [-0.2, -0.15) is 0 Å². The van der Waals surface area contributed by atoms with Crippen molar-refractivity contribution in [3.8, 4) is 0 Å². The molecular formula is C16H29FN2O. The van der Waals surface area contributed by atoms with Gasteiger partial charge in [0.05, 0.1) is 19.9 Å². The minimum atomic E-state index is -0.196. The van der Waals surface area contributed by atoms with Gasteiger partial charge in [-0.15, -0.1) is 0 Å². The van der Waals surface area contributed by atoms with Crippen LogP contribution in [0.1, 0.15) is 38.5 Å². The van der Waals surface area contributed by atoms with Crippen LogP contribution in [0, 0.1) is 11.3 Å². The van der Waals surface area contributed by atoms with Gasteiger partial charge < -0.3 is 10.1 Å². The van der Waals surface area contributed by atoms with Gasteiger partial charge in [-0.25, -0.2) is 0 Å². The monoisotopic (exact) mass is 284 g/mol. The topological polar surface area (TPSA) is 24.5 Å². The Balaban J connectivity index is 1.38. The van der Waals surface area contributed by atoms with Crippen molar-refractivity contribution in [3.63, 3.8) is 0 Å². The van der Waals surface area contributed by atoms with Gasteiger partial charge in [0, 0.05) is 18.0 Å². The van der Waals surface area contributed by atoms with E-state index in [-0.39, 0.29) is 12.1 Å². The molecule has 0 amide bonds. The zero-order chi connectivity index (χ0) is 13.8. The van der Waals surface area contributed by atoms with Gasteiger partial charge >= 0.3 is 0 Å². The molecule has 0 aromatic heterocycles. The van der Waals surface area contributed by atoms with Gasteiger partial charge in [0.25, 0.3) is 0 Å². The molecule has 1 N–H and O–H groups in total. The lowest BCUT2D eigenvalue weighted by atomic mass is 9.95. The minimum absolute atomic E-state index is 0.0800. The van der Waals surface area contributed by atoms with Gasteiger partial charge in [0.15, 0.2) is 0 Å². The first-order valence-electron chi connectivity index (χ1n) is 8.40. The molecule has 3 fully saturated rings. The molecule has 3 nitrogen and oxygen atoms in total. The van der Waals surface area contributed by atoms with Crippen molar-refractivity contribution in [2.24, 2.45) is 11.3 Å². The second-order valence-electron chi connectivity index (χ2n) is 7.13. The fraction of sp³-hybridized carbons (Fsp3) is 1.00. The maximum absolute atomic E-state index is 12.8. The molecule has 1 atom stereocenters. The van der Waals surface area contributed by atoms with Crippen LogP contribution < -0.4 is 5.32 Å². The average molecular weight is 284 g/mol. The summed E-state index contributed by atoms with van der Waals surface area (Å²) in [5, 5.41) is 3.44. The Bertz CT molecular complexity index is 303. The van der Waals surface area contributed by atoms with Crippen LogP contribution in [0.3, 0.4) is 0 Å². The highest BCUT2D eigenvalue weighted by molar-refractivity contribution is 4.92. The number of likely N-dealkylation sites (tertiary alicyclic amines) is 1. The van der Waals surface area contributed by atoms with E-state index in [2.05, 4.69) is 10.2 Å². The molecule has 3 rings (SSSR count). The van der Waals surface area contributed by atoms with Crippen LogP contribution in [0.2, 0.25) is 0 Å². The highest BCUT2D eigenvalue weighted by Crippen LogP contribution is 2.46. The maximum atomic E-state index is 12.8. The number of halogens is 1. The molecule has 2 aliphatic heterocycles. The van der Waals surface area contributed by atoms with Crippen LogP contribution in [0.25, 0.3) is 0 Å². The second-order valence-corrected chi connectivity index (χ2v) is 7.13. The standard InChI is InChI=1S/C16H29FN2O/c17-12-16(5-6-16)13-20-11-14-2-1-9-19(10-14)15-3-7-18-8-4-15/h14-15,18H,1-13H2/t14-/m1/s1. The third-order valence-corrected chi connectivity index (χ3v) is 5.38. The Labute approximate surface area is 122 Å². The molecule has 20 heavy (non-hydrogen) atoms. The van der Waals surface area contributed by atoms with Crippen molar-refractivity contribution in [1.29, 1.82) is 0 Å². The smallest absolute Gasteiger partial charge is 0.0972 e. The van der Waals surface area contributed by atoms with E-state index in [0.29, 0.717) is 12.5 Å². The summed E-state index contributed by atoms with van der Waals surface area (Å²) in [6.07, 6.45) is 7.21. The van der Waals surface area contributed by atoms with Crippen molar-refractivity contribution >= 4 is 0 Å². The lowest BCUT2D eigenvalue weighted by Gasteiger charge is -2.40. The lowest BCUT2D eigenvalue weighted by molar-refractivity contribution is 0.0189. The van der Waals surface area contributed by atoms with Crippen LogP contribution in [0.15, 0.2) is 0 Å². The Morgan fingerprint density at radius 1 is 1.20 bits per heavy atom. The molecule has 1 saturated carbocycles. The Morgan fingerprint density at radius 3 is 2.70 bits per heavy atom. The molecule has 3 aliphatic rings. The number of nitrogens with zero attached hydrogens (tertiary/aromatic N) is 1. The van der Waals surface area contributed by atoms with E-state index in [1.807, 2.05) is 0 Å². The van der Waals surface area contributed by atoms with Crippen molar-refractivity contribution in [1.82, 2.24) is 10.2 Å². The van der Waals surface area contributed by atoms with Gasteiger partial charge in [0.2, 0.25) is 0 Å². The van der Waals surface area contributed by atoms with Crippen LogP contribution in [0.5, 0.6) is 0 Å². The van der Waals surface area contributed by atoms with E-state index in [1.165, 1.54) is 51.9 Å². The minimum Gasteiger partial charge on any atom is -0.380 e. The molecule has 0 spiro atoms. The van der Waals surface area contributed by atoms with Crippen LogP contribution in [0.4, 0.5) is 4.39 Å². The van der Waals surface area contributed by atoms with Gasteiger partial charge in [-0.3, -0.25) is 9.29 Å². The van der Waals surface area contributed by atoms with Crippen molar-refractivity contribution in [3.05, 3.63) is 0 Å². The van der Waals surface area contributed by atoms with Crippen LogP contribution >= 0.6 is 0 Å². The molecule has 2 saturated heterocycles. The number of rotatable bonds is 6. The first kappa shape index (κ1) is 14.7. The summed E-state index contributed by atoms with van der Waals surface area (Å²) >= 11 is 0. The number of nitrogens with one attached hydrogen (secondary N) is 1. The fourth-order valence-corrected chi connectivity index (χ4v) is 3.67. The summed E-state index contributed by atoms with van der Waals surface area (Å²) in [5.41, 5.74) is -0.0800. The average Bonchev–Trinajstić information content (AvgIpc) is 3.29. The van der Waals surface area contributed by atoms with E-state index in [1.54, 1.807) is 0 Å². The van der Waals surface area contributed by atoms with Gasteiger partial charge in [0.1, 0.15) is 0 Å². The second kappa shape index (κ2) is 6.71. The highest BCUT2D eigenvalue weighted by atomic mass is 19.1. The molecule has 0 bridgehead atoms. The maximum Gasteiger partial charge on any atom is 0.0972 e. The number of alkyl halides is 1. The fourth-order valence-electron chi connectivity index (χ4n) is 3.67. The predicted octanol–water partition coefficient (Wildman–Crippen LogP) is 2.22. The SMILES string of the molecule is FCC1(COC[C@@H]2CCCN(C3CCNCC3)C2)CC1. The Morgan fingerprint density at radius 2 is 2.00 bits per heavy atom. The number of hydrogen-bond acceptors (Lipinski definition) is 3. The number of hydrogen-bond donors (Lipinski definition) is 1.